The Morgan fingerprint density at radius 2 is 2.12 bits per heavy atom. The predicted molar refractivity (Wildman–Crippen MR) is 93.4 cm³/mol. The smallest absolute Gasteiger partial charge is 0.433 e. The summed E-state index contributed by atoms with van der Waals surface area (Å²) in [5.41, 5.74) is -0.893. The van der Waals surface area contributed by atoms with Crippen LogP contribution in [0.5, 0.6) is 5.75 Å². The summed E-state index contributed by atoms with van der Waals surface area (Å²) in [5, 5.41) is 8.03. The molecule has 0 spiro atoms. The molecule has 2 aromatic rings. The fraction of sp³-hybridized carbons (Fsp3) is 0.316. The maximum Gasteiger partial charge on any atom is 0.433 e. The fourth-order valence-corrected chi connectivity index (χ4v) is 2.24. The molecule has 2 rings (SSSR count). The van der Waals surface area contributed by atoms with Gasteiger partial charge in [-0.15, -0.1) is 0 Å². The first kappa shape index (κ1) is 19.6. The van der Waals surface area contributed by atoms with Crippen LogP contribution in [0.1, 0.15) is 37.4 Å². The Balaban J connectivity index is 2.11. The van der Waals surface area contributed by atoms with Crippen LogP contribution in [0.3, 0.4) is 0 Å². The minimum Gasteiger partial charge on any atom is -0.485 e. The summed E-state index contributed by atoms with van der Waals surface area (Å²) in [5.74, 6) is 0.605. The number of halogens is 3. The molecule has 0 radical (unpaired) electrons. The molecule has 7 heteroatoms. The van der Waals surface area contributed by atoms with Crippen LogP contribution in [0.25, 0.3) is 0 Å². The molecular formula is C19H20F3N3O. The number of unbranched alkanes of at least 4 members (excludes halogenated alkanes) is 1. The molecule has 1 N–H and O–H groups in total. The minimum absolute atomic E-state index is 0.0332. The fourth-order valence-electron chi connectivity index (χ4n) is 2.24. The number of alkyl halides is 3. The highest BCUT2D eigenvalue weighted by atomic mass is 19.4. The largest absolute Gasteiger partial charge is 0.485 e. The number of allylic oxidation sites excluding steroid dienone is 1. The van der Waals surface area contributed by atoms with Crippen molar-refractivity contribution in [1.82, 2.24) is 9.97 Å². The predicted octanol–water partition coefficient (Wildman–Crippen LogP) is 5.06. The molecule has 2 aromatic heterocycles. The van der Waals surface area contributed by atoms with Gasteiger partial charge in [0, 0.05) is 18.0 Å². The molecule has 0 saturated carbocycles. The Kier molecular flexibility index (Phi) is 6.89. The highest BCUT2D eigenvalue weighted by molar-refractivity contribution is 6.06. The molecule has 0 bridgehead atoms. The van der Waals surface area contributed by atoms with Crippen LogP contribution in [0.15, 0.2) is 55.0 Å². The van der Waals surface area contributed by atoms with Crippen LogP contribution in [0.4, 0.5) is 13.2 Å². The molecule has 2 heterocycles. The number of hydrogen-bond acceptors (Lipinski definition) is 4. The lowest BCUT2D eigenvalue weighted by molar-refractivity contribution is -0.141. The zero-order valence-electron chi connectivity index (χ0n) is 14.3. The Bertz CT molecular complexity index is 745. The average Bonchev–Trinajstić information content (AvgIpc) is 2.64. The topological polar surface area (TPSA) is 58.9 Å². The first-order valence-electron chi connectivity index (χ1n) is 8.27. The zero-order chi connectivity index (χ0) is 19.0. The van der Waals surface area contributed by atoms with Crippen molar-refractivity contribution in [3.05, 3.63) is 66.3 Å². The lowest BCUT2D eigenvalue weighted by Crippen LogP contribution is -2.14. The lowest BCUT2D eigenvalue weighted by Gasteiger charge is -2.15. The standard InChI is InChI=1S/C19H20F3N3O/c1-2-3-5-15(26-16-6-4-10-24-13-16)7-8-17(23)14-9-11-25-18(12-14)19(20,21)22/h4,6-13,15,23H,2-3,5H2,1H3/t15-/m1/s1. The van der Waals surface area contributed by atoms with Crippen molar-refractivity contribution >= 4 is 5.71 Å². The van der Waals surface area contributed by atoms with Gasteiger partial charge in [0.15, 0.2) is 0 Å². The summed E-state index contributed by atoms with van der Waals surface area (Å²) in [6.45, 7) is 2.06. The summed E-state index contributed by atoms with van der Waals surface area (Å²) in [7, 11) is 0. The molecule has 1 atom stereocenters. The van der Waals surface area contributed by atoms with Gasteiger partial charge in [-0.25, -0.2) is 0 Å². The molecule has 138 valence electrons. The third kappa shape index (κ3) is 5.98. The summed E-state index contributed by atoms with van der Waals surface area (Å²) >= 11 is 0. The lowest BCUT2D eigenvalue weighted by atomic mass is 10.1. The van der Waals surface area contributed by atoms with Crippen LogP contribution in [0, 0.1) is 5.41 Å². The number of nitrogens with one attached hydrogen (secondary N) is 1. The van der Waals surface area contributed by atoms with Gasteiger partial charge in [0.1, 0.15) is 17.5 Å². The number of pyridine rings is 2. The van der Waals surface area contributed by atoms with Gasteiger partial charge in [-0.05, 0) is 49.3 Å². The molecule has 0 aliphatic heterocycles. The van der Waals surface area contributed by atoms with Crippen LogP contribution in [0.2, 0.25) is 0 Å². The molecule has 26 heavy (non-hydrogen) atoms. The monoisotopic (exact) mass is 363 g/mol. The number of hydrogen-bond donors (Lipinski definition) is 1. The van der Waals surface area contributed by atoms with E-state index in [4.69, 9.17) is 10.1 Å². The van der Waals surface area contributed by atoms with Crippen molar-refractivity contribution in [3.63, 3.8) is 0 Å². The molecule has 0 aromatic carbocycles. The van der Waals surface area contributed by atoms with Crippen LogP contribution >= 0.6 is 0 Å². The Hall–Kier alpha value is -2.70. The van der Waals surface area contributed by atoms with Gasteiger partial charge in [0.05, 0.1) is 11.9 Å². The van der Waals surface area contributed by atoms with Crippen molar-refractivity contribution in [2.75, 3.05) is 0 Å². The van der Waals surface area contributed by atoms with E-state index in [9.17, 15) is 13.2 Å². The van der Waals surface area contributed by atoms with Gasteiger partial charge in [-0.1, -0.05) is 13.3 Å². The Labute approximate surface area is 150 Å². The molecule has 0 amide bonds. The summed E-state index contributed by atoms with van der Waals surface area (Å²) < 4.78 is 44.1. The molecular weight excluding hydrogens is 343 g/mol. The summed E-state index contributed by atoms with van der Waals surface area (Å²) in [6, 6.07) is 5.79. The average molecular weight is 363 g/mol. The Morgan fingerprint density at radius 3 is 2.77 bits per heavy atom. The molecule has 4 nitrogen and oxygen atoms in total. The maximum absolute atomic E-state index is 12.8. The van der Waals surface area contributed by atoms with E-state index in [1.54, 1.807) is 30.6 Å². The maximum atomic E-state index is 12.8. The highest BCUT2D eigenvalue weighted by Gasteiger charge is 2.32. The highest BCUT2D eigenvalue weighted by Crippen LogP contribution is 2.27. The van der Waals surface area contributed by atoms with Gasteiger partial charge in [-0.3, -0.25) is 9.97 Å². The van der Waals surface area contributed by atoms with E-state index in [0.29, 0.717) is 5.75 Å². The second-order valence-electron chi connectivity index (χ2n) is 5.69. The summed E-state index contributed by atoms with van der Waals surface area (Å²) in [4.78, 5) is 7.30. The third-order valence-electron chi connectivity index (χ3n) is 3.60. The molecule has 0 aliphatic carbocycles. The van der Waals surface area contributed by atoms with E-state index in [2.05, 4.69) is 16.9 Å². The van der Waals surface area contributed by atoms with Crippen molar-refractivity contribution < 1.29 is 17.9 Å². The van der Waals surface area contributed by atoms with Crippen LogP contribution in [-0.4, -0.2) is 21.8 Å². The van der Waals surface area contributed by atoms with Crippen molar-refractivity contribution in [2.24, 2.45) is 0 Å². The van der Waals surface area contributed by atoms with E-state index in [0.717, 1.165) is 31.5 Å². The van der Waals surface area contributed by atoms with E-state index >= 15 is 0 Å². The van der Waals surface area contributed by atoms with E-state index in [-0.39, 0.29) is 17.4 Å². The number of rotatable bonds is 8. The minimum atomic E-state index is -4.53. The second-order valence-corrected chi connectivity index (χ2v) is 5.69. The van der Waals surface area contributed by atoms with E-state index < -0.39 is 11.9 Å². The number of aromatic nitrogens is 2. The van der Waals surface area contributed by atoms with E-state index in [1.165, 1.54) is 12.1 Å². The zero-order valence-corrected chi connectivity index (χ0v) is 14.3. The van der Waals surface area contributed by atoms with E-state index in [1.807, 2.05) is 0 Å². The normalized spacial score (nSPS) is 12.9. The van der Waals surface area contributed by atoms with Gasteiger partial charge < -0.3 is 10.1 Å². The van der Waals surface area contributed by atoms with Gasteiger partial charge >= 0.3 is 6.18 Å². The molecule has 0 saturated heterocycles. The first-order chi connectivity index (χ1) is 12.4. The second kappa shape index (κ2) is 9.12. The van der Waals surface area contributed by atoms with Crippen molar-refractivity contribution in [1.29, 1.82) is 5.41 Å². The molecule has 0 aliphatic rings. The number of ether oxygens (including phenoxy) is 1. The van der Waals surface area contributed by atoms with Crippen LogP contribution < -0.4 is 4.74 Å². The summed E-state index contributed by atoms with van der Waals surface area (Å²) in [6.07, 6.45) is 5.27. The number of nitrogens with zero attached hydrogens (tertiary/aromatic N) is 2. The SMILES string of the molecule is CCCC[C@H](C=CC(=N)c1ccnc(C(F)(F)F)c1)Oc1cccnc1. The third-order valence-corrected chi connectivity index (χ3v) is 3.60. The Morgan fingerprint density at radius 1 is 1.31 bits per heavy atom. The van der Waals surface area contributed by atoms with Gasteiger partial charge in [0.25, 0.3) is 0 Å². The van der Waals surface area contributed by atoms with Crippen LogP contribution in [-0.2, 0) is 6.18 Å². The van der Waals surface area contributed by atoms with Gasteiger partial charge in [0.2, 0.25) is 0 Å². The molecule has 0 unspecified atom stereocenters. The van der Waals surface area contributed by atoms with Gasteiger partial charge in [-0.2, -0.15) is 13.2 Å². The van der Waals surface area contributed by atoms with Crippen molar-refractivity contribution in [3.8, 4) is 5.75 Å². The van der Waals surface area contributed by atoms with Crippen molar-refractivity contribution in [2.45, 2.75) is 38.5 Å². The quantitative estimate of drug-likeness (QED) is 0.667. The molecule has 0 fully saturated rings. The first-order valence-corrected chi connectivity index (χ1v) is 8.27.